The molecule has 1 amide bonds. The number of hydrogen-bond acceptors (Lipinski definition) is 7. The van der Waals surface area contributed by atoms with Crippen LogP contribution in [0.15, 0.2) is 51.9 Å². The predicted molar refractivity (Wildman–Crippen MR) is 119 cm³/mol. The second-order valence-corrected chi connectivity index (χ2v) is 9.52. The Labute approximate surface area is 187 Å². The van der Waals surface area contributed by atoms with Gasteiger partial charge in [-0.2, -0.15) is 4.98 Å². The fourth-order valence-electron chi connectivity index (χ4n) is 3.09. The van der Waals surface area contributed by atoms with Crippen molar-refractivity contribution in [3.05, 3.63) is 59.5 Å². The molecule has 170 valence electrons. The third kappa shape index (κ3) is 5.32. The van der Waals surface area contributed by atoms with Gasteiger partial charge in [0.05, 0.1) is 18.6 Å². The number of amides is 1. The highest BCUT2D eigenvalue weighted by Crippen LogP contribution is 2.25. The van der Waals surface area contributed by atoms with Gasteiger partial charge in [0.25, 0.3) is 0 Å². The summed E-state index contributed by atoms with van der Waals surface area (Å²) < 4.78 is 36.5. The first-order chi connectivity index (χ1) is 15.2. The number of benzene rings is 2. The van der Waals surface area contributed by atoms with Crippen molar-refractivity contribution in [1.82, 2.24) is 19.8 Å². The molecule has 32 heavy (non-hydrogen) atoms. The Kier molecular flexibility index (Phi) is 7.26. The minimum Gasteiger partial charge on any atom is -0.496 e. The number of rotatable bonds is 9. The molecule has 1 aromatic heterocycles. The van der Waals surface area contributed by atoms with Crippen molar-refractivity contribution in [2.24, 2.45) is 0 Å². The van der Waals surface area contributed by atoms with Crippen molar-refractivity contribution in [3.8, 4) is 17.1 Å². The summed E-state index contributed by atoms with van der Waals surface area (Å²) in [6, 6.07) is 12.3. The molecule has 0 radical (unpaired) electrons. The van der Waals surface area contributed by atoms with Crippen molar-refractivity contribution in [1.29, 1.82) is 0 Å². The number of ether oxygens (including phenoxy) is 1. The third-order valence-electron chi connectivity index (χ3n) is 4.94. The predicted octanol–water partition coefficient (Wildman–Crippen LogP) is 2.55. The second kappa shape index (κ2) is 9.92. The van der Waals surface area contributed by atoms with Crippen LogP contribution in [0.1, 0.15) is 23.4 Å². The van der Waals surface area contributed by atoms with Gasteiger partial charge in [-0.25, -0.2) is 12.7 Å². The Balaban J connectivity index is 1.61. The highest BCUT2D eigenvalue weighted by Gasteiger charge is 2.19. The van der Waals surface area contributed by atoms with E-state index in [2.05, 4.69) is 15.5 Å². The van der Waals surface area contributed by atoms with E-state index in [1.54, 1.807) is 6.07 Å². The van der Waals surface area contributed by atoms with Crippen LogP contribution in [0.5, 0.6) is 5.75 Å². The van der Waals surface area contributed by atoms with Crippen LogP contribution >= 0.6 is 0 Å². The largest absolute Gasteiger partial charge is 0.496 e. The zero-order valence-electron chi connectivity index (χ0n) is 18.5. The van der Waals surface area contributed by atoms with Gasteiger partial charge in [-0.05, 0) is 42.7 Å². The van der Waals surface area contributed by atoms with Gasteiger partial charge in [0.2, 0.25) is 27.6 Å². The molecule has 0 aliphatic rings. The molecule has 0 saturated heterocycles. The lowest BCUT2D eigenvalue weighted by atomic mass is 10.1. The number of carbonyl (C=O) groups is 1. The Bertz CT molecular complexity index is 1200. The number of carbonyl (C=O) groups excluding carboxylic acids is 1. The summed E-state index contributed by atoms with van der Waals surface area (Å²) in [5, 5.41) is 6.72. The Morgan fingerprint density at radius 1 is 1.19 bits per heavy atom. The summed E-state index contributed by atoms with van der Waals surface area (Å²) in [5.41, 5.74) is 2.52. The molecular weight excluding hydrogens is 432 g/mol. The smallest absolute Gasteiger partial charge is 0.246 e. The molecule has 0 bridgehead atoms. The molecule has 2 aromatic carbocycles. The topological polar surface area (TPSA) is 115 Å². The summed E-state index contributed by atoms with van der Waals surface area (Å²) in [7, 11) is 0.851. The molecule has 3 rings (SSSR count). The molecule has 10 heteroatoms. The van der Waals surface area contributed by atoms with E-state index in [4.69, 9.17) is 9.26 Å². The number of hydrogen-bond donors (Lipinski definition) is 1. The Morgan fingerprint density at radius 3 is 2.62 bits per heavy atom. The molecule has 9 nitrogen and oxygen atoms in total. The zero-order chi connectivity index (χ0) is 23.3. The van der Waals surface area contributed by atoms with Crippen LogP contribution in [-0.2, 0) is 27.8 Å². The van der Waals surface area contributed by atoms with E-state index in [0.29, 0.717) is 29.4 Å². The van der Waals surface area contributed by atoms with Gasteiger partial charge in [-0.3, -0.25) is 4.79 Å². The number of sulfonamides is 1. The van der Waals surface area contributed by atoms with Gasteiger partial charge in [-0.1, -0.05) is 29.4 Å². The summed E-state index contributed by atoms with van der Waals surface area (Å²) in [6.07, 6.45) is 0.449. The SMILES string of the molecule is COc1ccc(S(=O)(=O)N(C)C)cc1CCC(=O)NCc1nc(-c2ccccc2C)no1. The lowest BCUT2D eigenvalue weighted by Gasteiger charge is -2.14. The minimum atomic E-state index is -3.58. The van der Waals surface area contributed by atoms with E-state index in [-0.39, 0.29) is 23.8 Å². The average molecular weight is 459 g/mol. The van der Waals surface area contributed by atoms with Crippen LogP contribution in [-0.4, -0.2) is 50.0 Å². The molecule has 1 N–H and O–H groups in total. The second-order valence-electron chi connectivity index (χ2n) is 7.36. The average Bonchev–Trinajstić information content (AvgIpc) is 3.25. The first-order valence-corrected chi connectivity index (χ1v) is 11.4. The van der Waals surface area contributed by atoms with Gasteiger partial charge in [-0.15, -0.1) is 0 Å². The summed E-state index contributed by atoms with van der Waals surface area (Å²) in [4.78, 5) is 16.8. The van der Waals surface area contributed by atoms with Crippen molar-refractivity contribution < 1.29 is 22.5 Å². The first-order valence-electron chi connectivity index (χ1n) is 9.97. The van der Waals surface area contributed by atoms with Crippen molar-refractivity contribution in [3.63, 3.8) is 0 Å². The van der Waals surface area contributed by atoms with Gasteiger partial charge in [0.15, 0.2) is 0 Å². The summed E-state index contributed by atoms with van der Waals surface area (Å²) in [5.74, 6) is 1.06. The number of aromatic nitrogens is 2. The molecule has 0 fully saturated rings. The molecule has 0 atom stereocenters. The van der Waals surface area contributed by atoms with Crippen LogP contribution < -0.4 is 10.1 Å². The maximum atomic E-state index is 12.4. The first kappa shape index (κ1) is 23.4. The Hall–Kier alpha value is -3.24. The molecule has 0 aliphatic carbocycles. The molecule has 3 aromatic rings. The zero-order valence-corrected chi connectivity index (χ0v) is 19.3. The van der Waals surface area contributed by atoms with Crippen LogP contribution in [0.3, 0.4) is 0 Å². The van der Waals surface area contributed by atoms with Crippen molar-refractivity contribution >= 4 is 15.9 Å². The van der Waals surface area contributed by atoms with E-state index in [9.17, 15) is 13.2 Å². The standard InChI is InChI=1S/C22H26N4O5S/c1-15-7-5-6-8-18(15)22-24-21(31-25-22)14-23-20(27)12-9-16-13-17(10-11-19(16)30-4)32(28,29)26(2)3/h5-8,10-11,13H,9,12,14H2,1-4H3,(H,23,27). The Morgan fingerprint density at radius 2 is 1.94 bits per heavy atom. The van der Waals surface area contributed by atoms with Gasteiger partial charge in [0, 0.05) is 26.1 Å². The highest BCUT2D eigenvalue weighted by atomic mass is 32.2. The number of aryl methyl sites for hydroxylation is 2. The summed E-state index contributed by atoms with van der Waals surface area (Å²) in [6.45, 7) is 2.06. The minimum absolute atomic E-state index is 0.101. The normalized spacial score (nSPS) is 11.5. The van der Waals surface area contributed by atoms with Crippen LogP contribution in [0.25, 0.3) is 11.4 Å². The lowest BCUT2D eigenvalue weighted by molar-refractivity contribution is -0.121. The molecule has 0 unspecified atom stereocenters. The maximum Gasteiger partial charge on any atom is 0.246 e. The van der Waals surface area contributed by atoms with E-state index in [1.807, 2.05) is 31.2 Å². The summed E-state index contributed by atoms with van der Waals surface area (Å²) >= 11 is 0. The molecule has 1 heterocycles. The molecule has 0 aliphatic heterocycles. The maximum absolute atomic E-state index is 12.4. The number of methoxy groups -OCH3 is 1. The van der Waals surface area contributed by atoms with Crippen LogP contribution in [0.4, 0.5) is 0 Å². The van der Waals surface area contributed by atoms with Crippen molar-refractivity contribution in [2.75, 3.05) is 21.2 Å². The third-order valence-corrected chi connectivity index (χ3v) is 6.75. The van der Waals surface area contributed by atoms with E-state index < -0.39 is 10.0 Å². The van der Waals surface area contributed by atoms with E-state index in [1.165, 1.54) is 33.3 Å². The van der Waals surface area contributed by atoms with Gasteiger partial charge in [0.1, 0.15) is 5.75 Å². The van der Waals surface area contributed by atoms with E-state index in [0.717, 1.165) is 15.4 Å². The highest BCUT2D eigenvalue weighted by molar-refractivity contribution is 7.89. The van der Waals surface area contributed by atoms with Gasteiger partial charge >= 0.3 is 0 Å². The number of nitrogens with one attached hydrogen (secondary N) is 1. The van der Waals surface area contributed by atoms with Gasteiger partial charge < -0.3 is 14.6 Å². The molecule has 0 saturated carbocycles. The van der Waals surface area contributed by atoms with Crippen LogP contribution in [0.2, 0.25) is 0 Å². The monoisotopic (exact) mass is 458 g/mol. The molecule has 0 spiro atoms. The van der Waals surface area contributed by atoms with Crippen molar-refractivity contribution in [2.45, 2.75) is 31.2 Å². The van der Waals surface area contributed by atoms with E-state index >= 15 is 0 Å². The van der Waals surface area contributed by atoms with Crippen LogP contribution in [0, 0.1) is 6.92 Å². The molecular formula is C22H26N4O5S. The number of nitrogens with zero attached hydrogens (tertiary/aromatic N) is 3. The quantitative estimate of drug-likeness (QED) is 0.524. The lowest BCUT2D eigenvalue weighted by Crippen LogP contribution is -2.24. The fraction of sp³-hybridized carbons (Fsp3) is 0.318. The fourth-order valence-corrected chi connectivity index (χ4v) is 4.05.